The van der Waals surface area contributed by atoms with Crippen LogP contribution in [0, 0.1) is 0 Å². The second-order valence-electron chi connectivity index (χ2n) is 3.47. The topological polar surface area (TPSA) is 50.9 Å². The van der Waals surface area contributed by atoms with Crippen molar-refractivity contribution in [2.24, 2.45) is 0 Å². The molecule has 17 heavy (non-hydrogen) atoms. The van der Waals surface area contributed by atoms with Crippen molar-refractivity contribution in [1.29, 1.82) is 0 Å². The second kappa shape index (κ2) is 5.71. The van der Waals surface area contributed by atoms with Crippen molar-refractivity contribution < 1.29 is 0 Å². The Bertz CT molecular complexity index is 515. The monoisotopic (exact) mass is 331 g/mol. The van der Waals surface area contributed by atoms with Gasteiger partial charge < -0.3 is 11.1 Å². The van der Waals surface area contributed by atoms with Crippen molar-refractivity contribution in [3.8, 4) is 0 Å². The molecule has 2 heterocycles. The third-order valence-electron chi connectivity index (χ3n) is 2.18. The van der Waals surface area contributed by atoms with Gasteiger partial charge in [0.1, 0.15) is 5.82 Å². The number of nitrogens with two attached hydrogens (primary N) is 1. The van der Waals surface area contributed by atoms with Crippen LogP contribution in [0.2, 0.25) is 4.34 Å². The highest BCUT2D eigenvalue weighted by Gasteiger charge is 2.02. The number of nitrogens with zero attached hydrogens (tertiary/aromatic N) is 1. The van der Waals surface area contributed by atoms with Crippen LogP contribution in [0.4, 0.5) is 11.5 Å². The van der Waals surface area contributed by atoms with Crippen LogP contribution in [0.15, 0.2) is 28.9 Å². The summed E-state index contributed by atoms with van der Waals surface area (Å²) >= 11 is 10.8. The molecule has 0 bridgehead atoms. The Morgan fingerprint density at radius 2 is 2.29 bits per heavy atom. The zero-order chi connectivity index (χ0) is 12.3. The summed E-state index contributed by atoms with van der Waals surface area (Å²) in [5.74, 6) is 0.718. The maximum Gasteiger partial charge on any atom is 0.149 e. The summed E-state index contributed by atoms with van der Waals surface area (Å²) in [6.07, 6.45) is 2.63. The van der Waals surface area contributed by atoms with Crippen LogP contribution in [0.3, 0.4) is 0 Å². The summed E-state index contributed by atoms with van der Waals surface area (Å²) in [5.41, 5.74) is 6.47. The first kappa shape index (κ1) is 12.7. The Morgan fingerprint density at radius 1 is 1.47 bits per heavy atom. The number of halogens is 2. The Balaban J connectivity index is 1.90. The fourth-order valence-electron chi connectivity index (χ4n) is 1.39. The van der Waals surface area contributed by atoms with Crippen molar-refractivity contribution in [3.05, 3.63) is 38.1 Å². The first-order chi connectivity index (χ1) is 8.15. The van der Waals surface area contributed by atoms with Crippen molar-refractivity contribution >= 4 is 50.4 Å². The number of nitrogen functional groups attached to an aromatic ring is 1. The lowest BCUT2D eigenvalue weighted by atomic mass is 10.3. The lowest BCUT2D eigenvalue weighted by Gasteiger charge is -2.07. The van der Waals surface area contributed by atoms with Crippen molar-refractivity contribution in [3.63, 3.8) is 0 Å². The number of pyridine rings is 1. The Hall–Kier alpha value is -0.780. The van der Waals surface area contributed by atoms with E-state index in [1.165, 1.54) is 4.88 Å². The summed E-state index contributed by atoms with van der Waals surface area (Å²) in [5, 5.41) is 3.20. The number of thiophene rings is 1. The molecule has 0 aliphatic carbocycles. The first-order valence-corrected chi connectivity index (χ1v) is 7.03. The number of nitrogens with one attached hydrogen (secondary N) is 1. The number of rotatable bonds is 4. The molecule has 0 spiro atoms. The van der Waals surface area contributed by atoms with Gasteiger partial charge in [0.15, 0.2) is 0 Å². The summed E-state index contributed by atoms with van der Waals surface area (Å²) in [6.45, 7) is 0.787. The van der Waals surface area contributed by atoms with E-state index in [2.05, 4.69) is 26.2 Å². The van der Waals surface area contributed by atoms with Crippen LogP contribution >= 0.6 is 38.9 Å². The van der Waals surface area contributed by atoms with E-state index in [4.69, 9.17) is 17.3 Å². The molecule has 2 rings (SSSR count). The van der Waals surface area contributed by atoms with Crippen LogP contribution in [0.25, 0.3) is 0 Å². The highest BCUT2D eigenvalue weighted by atomic mass is 79.9. The normalized spacial score (nSPS) is 10.5. The molecule has 2 aromatic rings. The summed E-state index contributed by atoms with van der Waals surface area (Å²) in [7, 11) is 0. The van der Waals surface area contributed by atoms with Gasteiger partial charge in [-0.3, -0.25) is 0 Å². The lowest BCUT2D eigenvalue weighted by Crippen LogP contribution is -2.07. The minimum Gasteiger partial charge on any atom is -0.396 e. The molecule has 0 radical (unpaired) electrons. The minimum atomic E-state index is 0.642. The SMILES string of the molecule is Nc1cc(Br)cnc1NCCc1ccc(Cl)s1. The molecule has 0 aliphatic rings. The van der Waals surface area contributed by atoms with E-state index in [0.29, 0.717) is 5.69 Å². The van der Waals surface area contributed by atoms with Gasteiger partial charge in [-0.2, -0.15) is 0 Å². The average Bonchev–Trinajstić information content (AvgIpc) is 2.68. The fourth-order valence-corrected chi connectivity index (χ4v) is 2.83. The van der Waals surface area contributed by atoms with E-state index >= 15 is 0 Å². The number of aromatic nitrogens is 1. The highest BCUT2D eigenvalue weighted by Crippen LogP contribution is 2.23. The third-order valence-corrected chi connectivity index (χ3v) is 3.90. The van der Waals surface area contributed by atoms with Crippen molar-refractivity contribution in [2.45, 2.75) is 6.42 Å². The Morgan fingerprint density at radius 3 is 2.94 bits per heavy atom. The molecule has 0 aromatic carbocycles. The van der Waals surface area contributed by atoms with Crippen molar-refractivity contribution in [2.75, 3.05) is 17.6 Å². The average molecular weight is 333 g/mol. The minimum absolute atomic E-state index is 0.642. The standard InChI is InChI=1S/C11H11BrClN3S/c12-7-5-9(14)11(16-6-7)15-4-3-8-1-2-10(13)17-8/h1-2,5-6H,3-4,14H2,(H,15,16). The van der Waals surface area contributed by atoms with E-state index in [9.17, 15) is 0 Å². The van der Waals surface area contributed by atoms with Gasteiger partial charge in [-0.05, 0) is 40.5 Å². The summed E-state index contributed by atoms with van der Waals surface area (Å²) < 4.78 is 1.70. The molecule has 0 amide bonds. The van der Waals surface area contributed by atoms with Gasteiger partial charge in [0.25, 0.3) is 0 Å². The molecular formula is C11H11BrClN3S. The molecule has 0 saturated carbocycles. The highest BCUT2D eigenvalue weighted by molar-refractivity contribution is 9.10. The molecule has 0 unspecified atom stereocenters. The van der Waals surface area contributed by atoms with Gasteiger partial charge in [0, 0.05) is 22.1 Å². The van der Waals surface area contributed by atoms with Crippen LogP contribution in [-0.4, -0.2) is 11.5 Å². The van der Waals surface area contributed by atoms with E-state index in [-0.39, 0.29) is 0 Å². The molecule has 6 heteroatoms. The predicted molar refractivity (Wildman–Crippen MR) is 77.9 cm³/mol. The second-order valence-corrected chi connectivity index (χ2v) is 6.19. The zero-order valence-corrected chi connectivity index (χ0v) is 12.1. The van der Waals surface area contributed by atoms with Gasteiger partial charge in [0.2, 0.25) is 0 Å². The molecule has 90 valence electrons. The van der Waals surface area contributed by atoms with Crippen LogP contribution in [0.1, 0.15) is 4.88 Å². The molecule has 0 fully saturated rings. The van der Waals surface area contributed by atoms with Crippen LogP contribution in [0.5, 0.6) is 0 Å². The number of hydrogen-bond donors (Lipinski definition) is 2. The molecule has 3 nitrogen and oxygen atoms in total. The quantitative estimate of drug-likeness (QED) is 0.895. The molecule has 0 aliphatic heterocycles. The molecule has 0 saturated heterocycles. The van der Waals surface area contributed by atoms with Crippen molar-refractivity contribution in [1.82, 2.24) is 4.98 Å². The smallest absolute Gasteiger partial charge is 0.149 e. The Kier molecular flexibility index (Phi) is 4.25. The van der Waals surface area contributed by atoms with Crippen LogP contribution in [-0.2, 0) is 6.42 Å². The first-order valence-electron chi connectivity index (χ1n) is 5.04. The summed E-state index contributed by atoms with van der Waals surface area (Å²) in [6, 6.07) is 5.78. The molecule has 0 atom stereocenters. The fraction of sp³-hybridized carbons (Fsp3) is 0.182. The zero-order valence-electron chi connectivity index (χ0n) is 8.91. The maximum atomic E-state index is 5.86. The molecule has 2 aromatic heterocycles. The molecule has 3 N–H and O–H groups in total. The lowest BCUT2D eigenvalue weighted by molar-refractivity contribution is 1.03. The molecular weight excluding hydrogens is 322 g/mol. The predicted octanol–water partition coefficient (Wildman–Crippen LogP) is 3.80. The van der Waals surface area contributed by atoms with E-state index in [0.717, 1.165) is 27.6 Å². The van der Waals surface area contributed by atoms with Crippen LogP contribution < -0.4 is 11.1 Å². The van der Waals surface area contributed by atoms with E-state index in [1.54, 1.807) is 17.5 Å². The van der Waals surface area contributed by atoms with E-state index in [1.807, 2.05) is 18.2 Å². The van der Waals surface area contributed by atoms with Gasteiger partial charge in [0.05, 0.1) is 10.0 Å². The Labute approximate surface area is 117 Å². The largest absolute Gasteiger partial charge is 0.396 e. The van der Waals surface area contributed by atoms with Gasteiger partial charge >= 0.3 is 0 Å². The number of anilines is 2. The summed E-state index contributed by atoms with van der Waals surface area (Å²) in [4.78, 5) is 5.46. The maximum absolute atomic E-state index is 5.86. The van der Waals surface area contributed by atoms with Gasteiger partial charge in [-0.1, -0.05) is 11.6 Å². The number of hydrogen-bond acceptors (Lipinski definition) is 4. The van der Waals surface area contributed by atoms with Gasteiger partial charge in [-0.15, -0.1) is 11.3 Å². The van der Waals surface area contributed by atoms with E-state index < -0.39 is 0 Å². The van der Waals surface area contributed by atoms with Gasteiger partial charge in [-0.25, -0.2) is 4.98 Å². The third kappa shape index (κ3) is 3.59.